The lowest BCUT2D eigenvalue weighted by Crippen LogP contribution is -2.30. The number of aliphatic carboxylic acids is 1. The Kier molecular flexibility index (Phi) is 4.66. The van der Waals surface area contributed by atoms with Crippen molar-refractivity contribution in [2.45, 2.75) is 24.3 Å². The maximum absolute atomic E-state index is 12.7. The van der Waals surface area contributed by atoms with Crippen LogP contribution in [0.1, 0.15) is 23.6 Å². The number of hydrogen-bond acceptors (Lipinski definition) is 4. The smallest absolute Gasteiger partial charge is 0.323 e. The number of carbonyl (C=O) groups is 1. The molecule has 0 aliphatic rings. The lowest BCUT2D eigenvalue weighted by atomic mass is 10.0. The topological polar surface area (TPSA) is 132 Å². The molecule has 0 aliphatic carbocycles. The molecule has 0 bridgehead atoms. The van der Waals surface area contributed by atoms with Gasteiger partial charge in [-0.05, 0) is 30.7 Å². The van der Waals surface area contributed by atoms with Gasteiger partial charge in [-0.2, -0.15) is 0 Å². The summed E-state index contributed by atoms with van der Waals surface area (Å²) in [4.78, 5) is 27.5. The second-order valence-electron chi connectivity index (χ2n) is 5.97. The van der Waals surface area contributed by atoms with Gasteiger partial charge in [0, 0.05) is 0 Å². The Morgan fingerprint density at radius 3 is 2.42 bits per heavy atom. The van der Waals surface area contributed by atoms with Gasteiger partial charge in [0.15, 0.2) is 0 Å². The van der Waals surface area contributed by atoms with E-state index < -0.39 is 34.1 Å². The summed E-state index contributed by atoms with van der Waals surface area (Å²) in [6.07, 6.45) is -0.397. The number of carboxylic acid groups (broad SMARTS) is 1. The molecule has 26 heavy (non-hydrogen) atoms. The van der Waals surface area contributed by atoms with Crippen molar-refractivity contribution in [3.63, 3.8) is 0 Å². The molecule has 8 nitrogen and oxygen atoms in total. The third-order valence-electron chi connectivity index (χ3n) is 3.95. The predicted molar refractivity (Wildman–Crippen MR) is 95.4 cm³/mol. The average Bonchev–Trinajstić information content (AvgIpc) is 2.93. The number of imidazole rings is 1. The minimum atomic E-state index is -3.99. The van der Waals surface area contributed by atoms with Crippen LogP contribution in [0.5, 0.6) is 0 Å². The third-order valence-corrected chi connectivity index (χ3v) is 5.42. The lowest BCUT2D eigenvalue weighted by molar-refractivity contribution is -0.137. The molecule has 1 unspecified atom stereocenters. The van der Waals surface area contributed by atoms with E-state index in [1.807, 2.05) is 6.92 Å². The van der Waals surface area contributed by atoms with Crippen molar-refractivity contribution in [3.8, 4) is 0 Å². The van der Waals surface area contributed by atoms with Gasteiger partial charge >= 0.3 is 11.7 Å². The fourth-order valence-corrected chi connectivity index (χ4v) is 3.89. The van der Waals surface area contributed by atoms with Crippen molar-refractivity contribution < 1.29 is 18.3 Å². The van der Waals surface area contributed by atoms with Crippen molar-refractivity contribution in [2.24, 2.45) is 0 Å². The summed E-state index contributed by atoms with van der Waals surface area (Å²) in [5, 5.41) is 9.13. The van der Waals surface area contributed by atoms with E-state index in [2.05, 4.69) is 14.7 Å². The Hall–Kier alpha value is -2.91. The fourth-order valence-electron chi connectivity index (χ4n) is 2.64. The summed E-state index contributed by atoms with van der Waals surface area (Å²) in [5.41, 5.74) is 1.92. The van der Waals surface area contributed by atoms with Crippen molar-refractivity contribution in [1.29, 1.82) is 0 Å². The normalized spacial score (nSPS) is 13.0. The number of sulfonamides is 1. The molecule has 4 N–H and O–H groups in total. The Morgan fingerprint density at radius 1 is 1.12 bits per heavy atom. The van der Waals surface area contributed by atoms with Crippen LogP contribution in [-0.2, 0) is 14.8 Å². The van der Waals surface area contributed by atoms with E-state index in [0.29, 0.717) is 16.6 Å². The highest BCUT2D eigenvalue weighted by Crippen LogP contribution is 2.22. The molecule has 9 heteroatoms. The van der Waals surface area contributed by atoms with Gasteiger partial charge in [-0.15, -0.1) is 0 Å². The molecule has 0 saturated carbocycles. The maximum Gasteiger partial charge on any atom is 0.323 e. The Labute approximate surface area is 148 Å². The number of aryl methyl sites for hydroxylation is 1. The van der Waals surface area contributed by atoms with Crippen LogP contribution in [0.4, 0.5) is 0 Å². The first-order chi connectivity index (χ1) is 12.2. The molecular formula is C17H17N3O5S. The Balaban J connectivity index is 1.95. The largest absolute Gasteiger partial charge is 0.481 e. The van der Waals surface area contributed by atoms with E-state index in [1.165, 1.54) is 18.2 Å². The van der Waals surface area contributed by atoms with Gasteiger partial charge in [-0.25, -0.2) is 17.9 Å². The molecule has 0 saturated heterocycles. The molecule has 0 fully saturated rings. The van der Waals surface area contributed by atoms with Crippen molar-refractivity contribution in [2.75, 3.05) is 0 Å². The van der Waals surface area contributed by atoms with Gasteiger partial charge < -0.3 is 15.1 Å². The quantitative estimate of drug-likeness (QED) is 0.520. The first-order valence-corrected chi connectivity index (χ1v) is 9.26. The van der Waals surface area contributed by atoms with Crippen molar-refractivity contribution in [3.05, 3.63) is 64.1 Å². The van der Waals surface area contributed by atoms with Crippen LogP contribution in [0.2, 0.25) is 0 Å². The zero-order valence-electron chi connectivity index (χ0n) is 13.8. The summed E-state index contributed by atoms with van der Waals surface area (Å²) < 4.78 is 27.9. The highest BCUT2D eigenvalue weighted by atomic mass is 32.2. The summed E-state index contributed by atoms with van der Waals surface area (Å²) in [6, 6.07) is 10.2. The molecule has 1 atom stereocenters. The molecule has 1 heterocycles. The summed E-state index contributed by atoms with van der Waals surface area (Å²) in [7, 11) is -3.99. The number of fused-ring (bicyclic) bond motifs is 1. The van der Waals surface area contributed by atoms with Crippen LogP contribution in [0.15, 0.2) is 52.2 Å². The zero-order chi connectivity index (χ0) is 18.9. The molecule has 0 aliphatic heterocycles. The Morgan fingerprint density at radius 2 is 1.77 bits per heavy atom. The molecular weight excluding hydrogens is 358 g/mol. The number of aromatic amines is 2. The van der Waals surface area contributed by atoms with E-state index in [9.17, 15) is 18.0 Å². The monoisotopic (exact) mass is 375 g/mol. The number of carboxylic acids is 1. The van der Waals surface area contributed by atoms with Gasteiger partial charge in [-0.1, -0.05) is 29.8 Å². The zero-order valence-corrected chi connectivity index (χ0v) is 14.6. The SMILES string of the molecule is Cc1ccc(C(CC(=O)O)NS(=O)(=O)c2ccc3[nH]c(=O)[nH]c3c2)cc1. The molecule has 1 aromatic heterocycles. The predicted octanol–water partition coefficient (Wildman–Crippen LogP) is 1.66. The number of rotatable bonds is 6. The van der Waals surface area contributed by atoms with Gasteiger partial charge in [0.1, 0.15) is 0 Å². The number of hydrogen-bond donors (Lipinski definition) is 4. The maximum atomic E-state index is 12.7. The van der Waals surface area contributed by atoms with E-state index in [4.69, 9.17) is 5.11 Å². The molecule has 136 valence electrons. The van der Waals surface area contributed by atoms with Gasteiger partial charge in [-0.3, -0.25) is 4.79 Å². The van der Waals surface area contributed by atoms with Gasteiger partial charge in [0.05, 0.1) is 28.4 Å². The lowest BCUT2D eigenvalue weighted by Gasteiger charge is -2.18. The number of benzene rings is 2. The minimum absolute atomic E-state index is 0.0669. The molecule has 0 amide bonds. The van der Waals surface area contributed by atoms with Crippen LogP contribution in [0, 0.1) is 6.92 Å². The second kappa shape index (κ2) is 6.77. The number of nitrogens with one attached hydrogen (secondary N) is 3. The summed E-state index contributed by atoms with van der Waals surface area (Å²) >= 11 is 0. The standard InChI is InChI=1S/C17H17N3O5S/c1-10-2-4-11(5-3-10)14(9-16(21)22)20-26(24,25)12-6-7-13-15(8-12)19-17(23)18-13/h2-8,14,20H,9H2,1H3,(H,21,22)(H2,18,19,23). The number of H-pyrrole nitrogens is 2. The van der Waals surface area contributed by atoms with Crippen LogP contribution in [-0.4, -0.2) is 29.5 Å². The molecule has 0 spiro atoms. The first kappa shape index (κ1) is 17.9. The summed E-state index contributed by atoms with van der Waals surface area (Å²) in [5.74, 6) is -1.12. The molecule has 3 aromatic rings. The van der Waals surface area contributed by atoms with Gasteiger partial charge in [0.2, 0.25) is 10.0 Å². The van der Waals surface area contributed by atoms with E-state index in [-0.39, 0.29) is 4.90 Å². The third kappa shape index (κ3) is 3.84. The van der Waals surface area contributed by atoms with E-state index in [1.54, 1.807) is 24.3 Å². The van der Waals surface area contributed by atoms with E-state index >= 15 is 0 Å². The second-order valence-corrected chi connectivity index (χ2v) is 7.68. The highest BCUT2D eigenvalue weighted by molar-refractivity contribution is 7.89. The highest BCUT2D eigenvalue weighted by Gasteiger charge is 2.24. The van der Waals surface area contributed by atoms with Gasteiger partial charge in [0.25, 0.3) is 0 Å². The average molecular weight is 375 g/mol. The van der Waals surface area contributed by atoms with Crippen LogP contribution < -0.4 is 10.4 Å². The first-order valence-electron chi connectivity index (χ1n) is 7.77. The molecule has 0 radical (unpaired) electrons. The molecule has 2 aromatic carbocycles. The van der Waals surface area contributed by atoms with Crippen LogP contribution >= 0.6 is 0 Å². The molecule has 3 rings (SSSR count). The fraction of sp³-hybridized carbons (Fsp3) is 0.176. The van der Waals surface area contributed by atoms with Crippen molar-refractivity contribution >= 4 is 27.0 Å². The van der Waals surface area contributed by atoms with E-state index in [0.717, 1.165) is 5.56 Å². The van der Waals surface area contributed by atoms with Crippen LogP contribution in [0.25, 0.3) is 11.0 Å². The number of aromatic nitrogens is 2. The summed E-state index contributed by atoms with van der Waals surface area (Å²) in [6.45, 7) is 1.88. The minimum Gasteiger partial charge on any atom is -0.481 e. The Bertz CT molecular complexity index is 1110. The van der Waals surface area contributed by atoms with Crippen molar-refractivity contribution in [1.82, 2.24) is 14.7 Å². The van der Waals surface area contributed by atoms with Crippen LogP contribution in [0.3, 0.4) is 0 Å².